The van der Waals surface area contributed by atoms with Gasteiger partial charge in [-0.25, -0.2) is 9.67 Å². The zero-order chi connectivity index (χ0) is 17.4. The Morgan fingerprint density at radius 2 is 2.16 bits per heavy atom. The maximum Gasteiger partial charge on any atom is 0.229 e. The van der Waals surface area contributed by atoms with E-state index in [9.17, 15) is 4.79 Å². The molecule has 1 atom stereocenters. The molecule has 0 spiro atoms. The van der Waals surface area contributed by atoms with Gasteiger partial charge in [0.2, 0.25) is 11.9 Å². The number of hydrogen-bond acceptors (Lipinski definition) is 8. The maximum absolute atomic E-state index is 12.2. The van der Waals surface area contributed by atoms with E-state index in [1.54, 1.807) is 4.68 Å². The highest BCUT2D eigenvalue weighted by Crippen LogP contribution is 2.39. The van der Waals surface area contributed by atoms with Gasteiger partial charge in [0, 0.05) is 31.6 Å². The van der Waals surface area contributed by atoms with Crippen LogP contribution >= 0.6 is 0 Å². The third kappa shape index (κ3) is 2.78. The molecule has 0 aromatic carbocycles. The first-order valence-corrected chi connectivity index (χ1v) is 8.35. The van der Waals surface area contributed by atoms with Crippen molar-refractivity contribution in [3.8, 4) is 0 Å². The van der Waals surface area contributed by atoms with Crippen LogP contribution in [0.4, 0.5) is 17.6 Å². The Balaban J connectivity index is 1.77. The number of nitrogen functional groups attached to an aromatic ring is 1. The highest BCUT2D eigenvalue weighted by Gasteiger charge is 2.34. The van der Waals surface area contributed by atoms with Gasteiger partial charge >= 0.3 is 0 Å². The average Bonchev–Trinajstić information content (AvgIpc) is 3.10. The fourth-order valence-corrected chi connectivity index (χ4v) is 3.30. The summed E-state index contributed by atoms with van der Waals surface area (Å²) < 4.78 is 7.12. The lowest BCUT2D eigenvalue weighted by Gasteiger charge is -2.30. The first-order chi connectivity index (χ1) is 12.2. The fourth-order valence-electron chi connectivity index (χ4n) is 3.30. The molecule has 1 fully saturated rings. The molecule has 2 aliphatic rings. The van der Waals surface area contributed by atoms with E-state index in [1.807, 2.05) is 11.8 Å². The van der Waals surface area contributed by atoms with Crippen LogP contribution in [0, 0.1) is 0 Å². The molecule has 132 valence electrons. The normalized spacial score (nSPS) is 20.3. The minimum absolute atomic E-state index is 0.116. The number of rotatable bonds is 3. The molecule has 25 heavy (non-hydrogen) atoms. The predicted molar refractivity (Wildman–Crippen MR) is 90.3 cm³/mol. The van der Waals surface area contributed by atoms with Gasteiger partial charge in [-0.1, -0.05) is 0 Å². The van der Waals surface area contributed by atoms with E-state index >= 15 is 0 Å². The number of fused-ring (bicyclic) bond motifs is 1. The molecule has 1 saturated heterocycles. The molecule has 2 aromatic heterocycles. The van der Waals surface area contributed by atoms with Crippen molar-refractivity contribution in [2.45, 2.75) is 25.8 Å². The van der Waals surface area contributed by atoms with Crippen LogP contribution in [0.1, 0.15) is 30.7 Å². The molecule has 0 radical (unpaired) electrons. The highest BCUT2D eigenvalue weighted by atomic mass is 16.5. The zero-order valence-electron chi connectivity index (χ0n) is 14.0. The van der Waals surface area contributed by atoms with Gasteiger partial charge in [0.1, 0.15) is 23.8 Å². The molecular formula is C15H20N8O2. The van der Waals surface area contributed by atoms with E-state index in [2.05, 4.69) is 25.4 Å². The number of aromatic nitrogens is 5. The Bertz CT molecular complexity index is 799. The molecule has 2 aliphatic heterocycles. The first kappa shape index (κ1) is 15.8. The largest absolute Gasteiger partial charge is 0.383 e. The van der Waals surface area contributed by atoms with Gasteiger partial charge in [-0.2, -0.15) is 15.1 Å². The van der Waals surface area contributed by atoms with Crippen molar-refractivity contribution in [3.05, 3.63) is 17.7 Å². The molecule has 2 aromatic rings. The molecule has 3 N–H and O–H groups in total. The van der Waals surface area contributed by atoms with Gasteiger partial charge in [-0.15, -0.1) is 0 Å². The number of carbonyl (C=O) groups excluding carboxylic acids is 1. The van der Waals surface area contributed by atoms with Crippen LogP contribution in [0.2, 0.25) is 0 Å². The minimum Gasteiger partial charge on any atom is -0.383 e. The van der Waals surface area contributed by atoms with Crippen molar-refractivity contribution in [1.29, 1.82) is 0 Å². The molecule has 0 aliphatic carbocycles. The van der Waals surface area contributed by atoms with E-state index in [1.165, 1.54) is 6.33 Å². The molecule has 1 amide bonds. The summed E-state index contributed by atoms with van der Waals surface area (Å²) in [5, 5.41) is 7.02. The lowest BCUT2D eigenvalue weighted by atomic mass is 9.92. The summed E-state index contributed by atoms with van der Waals surface area (Å²) in [4.78, 5) is 27.6. The van der Waals surface area contributed by atoms with Crippen LogP contribution in [0.15, 0.2) is 6.33 Å². The number of aryl methyl sites for hydroxylation is 1. The van der Waals surface area contributed by atoms with Crippen molar-refractivity contribution in [1.82, 2.24) is 24.7 Å². The third-order valence-corrected chi connectivity index (χ3v) is 4.51. The van der Waals surface area contributed by atoms with E-state index in [-0.39, 0.29) is 18.2 Å². The number of amides is 1. The Labute approximate surface area is 144 Å². The number of nitrogens with one attached hydrogen (secondary N) is 1. The summed E-state index contributed by atoms with van der Waals surface area (Å²) >= 11 is 0. The summed E-state index contributed by atoms with van der Waals surface area (Å²) in [6, 6.07) is 0. The topological polar surface area (TPSA) is 124 Å². The second-order valence-corrected chi connectivity index (χ2v) is 6.01. The second-order valence-electron chi connectivity index (χ2n) is 6.01. The Morgan fingerprint density at radius 3 is 2.92 bits per heavy atom. The average molecular weight is 344 g/mol. The summed E-state index contributed by atoms with van der Waals surface area (Å²) in [5.41, 5.74) is 6.97. The zero-order valence-corrected chi connectivity index (χ0v) is 14.0. The SMILES string of the molecule is CCn1ncnc1C1CC(=O)Nc2nc(N3CCOCC3)nc(N)c21. The molecule has 4 heterocycles. The van der Waals surface area contributed by atoms with Crippen LogP contribution in [0.25, 0.3) is 0 Å². The quantitative estimate of drug-likeness (QED) is 0.796. The Morgan fingerprint density at radius 1 is 1.36 bits per heavy atom. The summed E-state index contributed by atoms with van der Waals surface area (Å²) in [6.07, 6.45) is 1.74. The Hall–Kier alpha value is -2.75. The van der Waals surface area contributed by atoms with Gasteiger partial charge in [-0.05, 0) is 6.92 Å². The van der Waals surface area contributed by atoms with Crippen LogP contribution in [-0.2, 0) is 16.1 Å². The molecule has 4 rings (SSSR count). The second kappa shape index (κ2) is 6.28. The summed E-state index contributed by atoms with van der Waals surface area (Å²) in [7, 11) is 0. The number of nitrogens with two attached hydrogens (primary N) is 1. The monoisotopic (exact) mass is 344 g/mol. The number of carbonyl (C=O) groups is 1. The standard InChI is InChI=1S/C15H20N8O2/c1-2-23-14(17-8-18-23)9-7-10(24)19-13-11(9)12(16)20-15(21-13)22-3-5-25-6-4-22/h8-9H,2-7H2,1H3,(H3,16,19,20,21,24). The number of morpholine rings is 1. The van der Waals surface area contributed by atoms with Gasteiger partial charge in [-0.3, -0.25) is 4.79 Å². The third-order valence-electron chi connectivity index (χ3n) is 4.51. The van der Waals surface area contributed by atoms with Gasteiger partial charge in [0.05, 0.1) is 19.1 Å². The van der Waals surface area contributed by atoms with Crippen LogP contribution < -0.4 is 16.0 Å². The number of anilines is 3. The Kier molecular flexibility index (Phi) is 3.96. The fraction of sp³-hybridized carbons (Fsp3) is 0.533. The van der Waals surface area contributed by atoms with Crippen molar-refractivity contribution in [2.24, 2.45) is 0 Å². The van der Waals surface area contributed by atoms with E-state index in [4.69, 9.17) is 10.5 Å². The maximum atomic E-state index is 12.2. The molecule has 10 nitrogen and oxygen atoms in total. The molecule has 10 heteroatoms. The molecular weight excluding hydrogens is 324 g/mol. The number of nitrogens with zero attached hydrogens (tertiary/aromatic N) is 6. The molecule has 0 bridgehead atoms. The van der Waals surface area contributed by atoms with Crippen molar-refractivity contribution in [3.63, 3.8) is 0 Å². The minimum atomic E-state index is -0.301. The van der Waals surface area contributed by atoms with Crippen LogP contribution in [0.3, 0.4) is 0 Å². The lowest BCUT2D eigenvalue weighted by molar-refractivity contribution is -0.116. The van der Waals surface area contributed by atoms with E-state index in [0.717, 1.165) is 0 Å². The molecule has 0 saturated carbocycles. The van der Waals surface area contributed by atoms with Crippen molar-refractivity contribution >= 4 is 23.5 Å². The van der Waals surface area contributed by atoms with Gasteiger partial charge in [0.15, 0.2) is 0 Å². The summed E-state index contributed by atoms with van der Waals surface area (Å²) in [5.74, 6) is 1.62. The van der Waals surface area contributed by atoms with E-state index < -0.39 is 0 Å². The van der Waals surface area contributed by atoms with Gasteiger partial charge in [0.25, 0.3) is 0 Å². The van der Waals surface area contributed by atoms with Crippen LogP contribution in [0.5, 0.6) is 0 Å². The highest BCUT2D eigenvalue weighted by molar-refractivity contribution is 5.95. The van der Waals surface area contributed by atoms with Crippen LogP contribution in [-0.4, -0.2) is 56.9 Å². The van der Waals surface area contributed by atoms with Crippen molar-refractivity contribution < 1.29 is 9.53 Å². The van der Waals surface area contributed by atoms with Gasteiger partial charge < -0.3 is 20.7 Å². The number of ether oxygens (including phenoxy) is 1. The van der Waals surface area contributed by atoms with Crippen molar-refractivity contribution in [2.75, 3.05) is 42.3 Å². The van der Waals surface area contributed by atoms with E-state index in [0.29, 0.717) is 61.8 Å². The lowest BCUT2D eigenvalue weighted by Crippen LogP contribution is -2.38. The predicted octanol–water partition coefficient (Wildman–Crippen LogP) is -0.0191. The number of hydrogen-bond donors (Lipinski definition) is 2. The smallest absolute Gasteiger partial charge is 0.229 e. The first-order valence-electron chi connectivity index (χ1n) is 8.35. The summed E-state index contributed by atoms with van der Waals surface area (Å²) in [6.45, 7) is 5.27. The molecule has 1 unspecified atom stereocenters.